The number of non-ortho nitro benzene ring substituents is 1. The number of rotatable bonds is 11. The maximum atomic E-state index is 13.4. The highest BCUT2D eigenvalue weighted by molar-refractivity contribution is 6.28. The molecular weight excluding hydrogens is 525 g/mol. The summed E-state index contributed by atoms with van der Waals surface area (Å²) in [7, 11) is 0. The topological polar surface area (TPSA) is 121 Å². The van der Waals surface area contributed by atoms with Crippen molar-refractivity contribution in [2.45, 2.75) is 44.9 Å². The molecular formula is C27H27ClFN7O3. The lowest BCUT2D eigenvalue weighted by Gasteiger charge is -2.14. The van der Waals surface area contributed by atoms with E-state index in [1.165, 1.54) is 24.3 Å². The van der Waals surface area contributed by atoms with Crippen LogP contribution in [-0.2, 0) is 6.42 Å². The Balaban J connectivity index is 1.14. The maximum absolute atomic E-state index is 13.4. The van der Waals surface area contributed by atoms with Gasteiger partial charge < -0.3 is 10.1 Å². The standard InChI is InChI=1S/C27H27ClFN7O3/c1-17-31-16-35(34-17)23-12-9-20(36(37)38)15-24(23)39-14-4-2-3-13-30-26-22-11-10-21(25(22)32-27(28)33-26)18-5-7-19(29)8-6-18/h5-9,12,15-16,21H,2-4,10-11,13-14H2,1H3,(H,30,32,33). The summed E-state index contributed by atoms with van der Waals surface area (Å²) in [4.78, 5) is 23.8. The van der Waals surface area contributed by atoms with E-state index in [0.29, 0.717) is 30.4 Å². The minimum absolute atomic E-state index is 0.0486. The summed E-state index contributed by atoms with van der Waals surface area (Å²) in [5, 5.41) is 19.1. The molecule has 0 spiro atoms. The zero-order valence-electron chi connectivity index (χ0n) is 21.3. The van der Waals surface area contributed by atoms with Crippen molar-refractivity contribution < 1.29 is 14.1 Å². The average molecular weight is 552 g/mol. The van der Waals surface area contributed by atoms with Crippen molar-refractivity contribution in [1.82, 2.24) is 24.7 Å². The van der Waals surface area contributed by atoms with Gasteiger partial charge in [-0.1, -0.05) is 12.1 Å². The van der Waals surface area contributed by atoms with E-state index >= 15 is 0 Å². The number of ether oxygens (including phenoxy) is 1. The van der Waals surface area contributed by atoms with Gasteiger partial charge in [-0.2, -0.15) is 5.10 Å². The second-order valence-corrected chi connectivity index (χ2v) is 9.67. The number of nitrogens with one attached hydrogen (secondary N) is 1. The Labute approximate surface area is 229 Å². The van der Waals surface area contributed by atoms with Crippen molar-refractivity contribution in [2.75, 3.05) is 18.5 Å². The third-order valence-corrected chi connectivity index (χ3v) is 6.84. The Morgan fingerprint density at radius 2 is 2.00 bits per heavy atom. The van der Waals surface area contributed by atoms with Crippen LogP contribution >= 0.6 is 11.6 Å². The van der Waals surface area contributed by atoms with Gasteiger partial charge in [-0.25, -0.2) is 24.0 Å². The third-order valence-electron chi connectivity index (χ3n) is 6.68. The van der Waals surface area contributed by atoms with E-state index in [0.717, 1.165) is 54.7 Å². The maximum Gasteiger partial charge on any atom is 0.273 e. The summed E-state index contributed by atoms with van der Waals surface area (Å²) in [6.07, 6.45) is 5.74. The molecule has 1 unspecified atom stereocenters. The molecule has 0 saturated heterocycles. The minimum atomic E-state index is -0.451. The van der Waals surface area contributed by atoms with Gasteiger partial charge in [-0.3, -0.25) is 10.1 Å². The Hall–Kier alpha value is -4.12. The fraction of sp³-hybridized carbons (Fsp3) is 0.333. The van der Waals surface area contributed by atoms with Gasteiger partial charge in [0.2, 0.25) is 5.28 Å². The molecule has 4 aromatic rings. The monoisotopic (exact) mass is 551 g/mol. The molecule has 1 aliphatic rings. The lowest BCUT2D eigenvalue weighted by atomic mass is 9.97. The van der Waals surface area contributed by atoms with Gasteiger partial charge in [0.1, 0.15) is 29.5 Å². The van der Waals surface area contributed by atoms with Crippen molar-refractivity contribution in [1.29, 1.82) is 0 Å². The summed E-state index contributed by atoms with van der Waals surface area (Å²) < 4.78 is 20.8. The molecule has 0 saturated carbocycles. The quantitative estimate of drug-likeness (QED) is 0.107. The molecule has 39 heavy (non-hydrogen) atoms. The van der Waals surface area contributed by atoms with Crippen molar-refractivity contribution in [2.24, 2.45) is 0 Å². The fourth-order valence-electron chi connectivity index (χ4n) is 4.77. The van der Waals surface area contributed by atoms with Crippen LogP contribution in [0.4, 0.5) is 15.9 Å². The molecule has 12 heteroatoms. The van der Waals surface area contributed by atoms with E-state index in [1.807, 2.05) is 0 Å². The van der Waals surface area contributed by atoms with Crippen molar-refractivity contribution in [3.63, 3.8) is 0 Å². The molecule has 1 atom stereocenters. The highest BCUT2D eigenvalue weighted by atomic mass is 35.5. The summed E-state index contributed by atoms with van der Waals surface area (Å²) >= 11 is 6.24. The number of unbranched alkanes of at least 4 members (excludes halogenated alkanes) is 2. The van der Waals surface area contributed by atoms with E-state index in [9.17, 15) is 14.5 Å². The number of halogens is 2. The molecule has 5 rings (SSSR count). The Bertz CT molecular complexity index is 1480. The van der Waals surface area contributed by atoms with Crippen LogP contribution in [0.2, 0.25) is 5.28 Å². The highest BCUT2D eigenvalue weighted by Crippen LogP contribution is 2.40. The smallest absolute Gasteiger partial charge is 0.273 e. The second-order valence-electron chi connectivity index (χ2n) is 9.33. The molecule has 1 N–H and O–H groups in total. The van der Waals surface area contributed by atoms with Crippen molar-refractivity contribution >= 4 is 23.1 Å². The number of aromatic nitrogens is 5. The van der Waals surface area contributed by atoms with Gasteiger partial charge in [-0.15, -0.1) is 0 Å². The molecule has 2 heterocycles. The number of hydrogen-bond donors (Lipinski definition) is 1. The lowest BCUT2D eigenvalue weighted by molar-refractivity contribution is -0.384. The molecule has 1 aliphatic carbocycles. The first-order valence-electron chi connectivity index (χ1n) is 12.7. The Morgan fingerprint density at radius 3 is 2.74 bits per heavy atom. The molecule has 0 bridgehead atoms. The number of aryl methyl sites for hydroxylation is 1. The minimum Gasteiger partial charge on any atom is -0.491 e. The fourth-order valence-corrected chi connectivity index (χ4v) is 4.95. The normalized spacial score (nSPS) is 14.3. The van der Waals surface area contributed by atoms with Gasteiger partial charge in [0.25, 0.3) is 5.69 Å². The molecule has 0 aliphatic heterocycles. The number of benzene rings is 2. The zero-order chi connectivity index (χ0) is 27.4. The lowest BCUT2D eigenvalue weighted by Crippen LogP contribution is -2.09. The van der Waals surface area contributed by atoms with E-state index < -0.39 is 4.92 Å². The predicted octanol–water partition coefficient (Wildman–Crippen LogP) is 5.81. The number of nitro groups is 1. The van der Waals surface area contributed by atoms with Crippen LogP contribution in [0.1, 0.15) is 54.2 Å². The molecule has 2 aromatic carbocycles. The summed E-state index contributed by atoms with van der Waals surface area (Å²) in [6.45, 7) is 2.86. The van der Waals surface area contributed by atoms with E-state index in [4.69, 9.17) is 16.3 Å². The molecule has 202 valence electrons. The largest absolute Gasteiger partial charge is 0.491 e. The predicted molar refractivity (Wildman–Crippen MR) is 144 cm³/mol. The van der Waals surface area contributed by atoms with Gasteiger partial charge >= 0.3 is 0 Å². The van der Waals surface area contributed by atoms with Gasteiger partial charge in [-0.05, 0) is 74.4 Å². The van der Waals surface area contributed by atoms with Crippen molar-refractivity contribution in [3.05, 3.63) is 92.7 Å². The SMILES string of the molecule is Cc1ncn(-c2ccc([N+](=O)[O-])cc2OCCCCCNc2nc(Cl)nc3c2CCC3c2ccc(F)cc2)n1. The van der Waals surface area contributed by atoms with Crippen LogP contribution < -0.4 is 10.1 Å². The van der Waals surface area contributed by atoms with Crippen LogP contribution in [0, 0.1) is 22.9 Å². The third kappa shape index (κ3) is 6.14. The summed E-state index contributed by atoms with van der Waals surface area (Å²) in [5.41, 5.74) is 3.51. The van der Waals surface area contributed by atoms with Gasteiger partial charge in [0.15, 0.2) is 5.75 Å². The van der Waals surface area contributed by atoms with E-state index in [2.05, 4.69) is 25.4 Å². The highest BCUT2D eigenvalue weighted by Gasteiger charge is 2.29. The first-order valence-corrected chi connectivity index (χ1v) is 13.1. The molecule has 2 aromatic heterocycles. The van der Waals surface area contributed by atoms with Gasteiger partial charge in [0, 0.05) is 24.1 Å². The molecule has 0 fully saturated rings. The number of nitro benzene ring substituents is 1. The molecule has 10 nitrogen and oxygen atoms in total. The van der Waals surface area contributed by atoms with Crippen LogP contribution in [0.3, 0.4) is 0 Å². The molecule has 0 amide bonds. The van der Waals surface area contributed by atoms with E-state index in [-0.39, 0.29) is 22.7 Å². The number of hydrogen-bond acceptors (Lipinski definition) is 8. The van der Waals surface area contributed by atoms with Crippen molar-refractivity contribution in [3.8, 4) is 11.4 Å². The van der Waals surface area contributed by atoms with Gasteiger partial charge in [0.05, 0.1) is 23.3 Å². The summed E-state index contributed by atoms with van der Waals surface area (Å²) in [6, 6.07) is 11.0. The number of nitrogens with zero attached hydrogens (tertiary/aromatic N) is 6. The zero-order valence-corrected chi connectivity index (χ0v) is 22.1. The molecule has 0 radical (unpaired) electrons. The Kier molecular flexibility index (Phi) is 7.97. The van der Waals surface area contributed by atoms with Crippen LogP contribution in [0.5, 0.6) is 5.75 Å². The first kappa shape index (κ1) is 26.5. The van der Waals surface area contributed by atoms with Crippen LogP contribution in [-0.4, -0.2) is 42.8 Å². The van der Waals surface area contributed by atoms with Crippen LogP contribution in [0.15, 0.2) is 48.8 Å². The second kappa shape index (κ2) is 11.7. The Morgan fingerprint density at radius 1 is 1.18 bits per heavy atom. The summed E-state index contributed by atoms with van der Waals surface area (Å²) in [5.74, 6) is 1.53. The first-order chi connectivity index (χ1) is 18.9. The number of anilines is 1. The number of fused-ring (bicyclic) bond motifs is 1. The van der Waals surface area contributed by atoms with E-state index in [1.54, 1.807) is 36.1 Å². The average Bonchev–Trinajstić information content (AvgIpc) is 3.54. The van der Waals surface area contributed by atoms with Crippen LogP contribution in [0.25, 0.3) is 5.69 Å².